The van der Waals surface area contributed by atoms with Gasteiger partial charge in [0.2, 0.25) is 0 Å². The van der Waals surface area contributed by atoms with Crippen molar-refractivity contribution in [3.05, 3.63) is 83.5 Å². The van der Waals surface area contributed by atoms with Crippen molar-refractivity contribution in [3.63, 3.8) is 0 Å². The lowest BCUT2D eigenvalue weighted by Crippen LogP contribution is -2.23. The SMILES string of the molecule is C=C1C=C(n2cc3ccc(SCC)nc3c(-c3ccc(Cl)cc3)/c2=N/C)C=CC1=N. The van der Waals surface area contributed by atoms with Crippen LogP contribution in [0, 0.1) is 5.41 Å². The Hall–Kier alpha value is -2.89. The number of nitrogens with one attached hydrogen (secondary N) is 1. The number of rotatable bonds is 4. The highest BCUT2D eigenvalue weighted by molar-refractivity contribution is 7.99. The summed E-state index contributed by atoms with van der Waals surface area (Å²) in [5, 5.41) is 10.6. The lowest BCUT2D eigenvalue weighted by molar-refractivity contribution is 0.976. The van der Waals surface area contributed by atoms with Crippen LogP contribution in [0.1, 0.15) is 6.92 Å². The number of pyridine rings is 2. The fraction of sp³-hybridized carbons (Fsp3) is 0.125. The lowest BCUT2D eigenvalue weighted by Gasteiger charge is -2.18. The van der Waals surface area contributed by atoms with Crippen molar-refractivity contribution in [3.8, 4) is 11.1 Å². The summed E-state index contributed by atoms with van der Waals surface area (Å²) in [5.41, 5.74) is 5.62. The van der Waals surface area contributed by atoms with E-state index < -0.39 is 0 Å². The van der Waals surface area contributed by atoms with Gasteiger partial charge in [0.1, 0.15) is 5.49 Å². The van der Waals surface area contributed by atoms with Crippen molar-refractivity contribution >= 4 is 45.7 Å². The minimum absolute atomic E-state index is 0.413. The van der Waals surface area contributed by atoms with Crippen LogP contribution in [-0.4, -0.2) is 28.1 Å². The van der Waals surface area contributed by atoms with Crippen molar-refractivity contribution in [2.45, 2.75) is 11.9 Å². The summed E-state index contributed by atoms with van der Waals surface area (Å²) in [5.74, 6) is 0.957. The topological polar surface area (TPSA) is 54.0 Å². The van der Waals surface area contributed by atoms with Gasteiger partial charge in [-0.2, -0.15) is 0 Å². The first-order valence-corrected chi connectivity index (χ1v) is 10.9. The van der Waals surface area contributed by atoms with Gasteiger partial charge < -0.3 is 9.98 Å². The number of aromatic nitrogens is 2. The van der Waals surface area contributed by atoms with Crippen molar-refractivity contribution in [2.75, 3.05) is 12.8 Å². The molecule has 0 unspecified atom stereocenters. The summed E-state index contributed by atoms with van der Waals surface area (Å²) in [7, 11) is 1.78. The third-order valence-electron chi connectivity index (χ3n) is 4.86. The monoisotopic (exact) mass is 432 g/mol. The summed E-state index contributed by atoms with van der Waals surface area (Å²) in [6.45, 7) is 6.11. The molecule has 0 bridgehead atoms. The molecule has 1 aliphatic carbocycles. The molecule has 30 heavy (non-hydrogen) atoms. The highest BCUT2D eigenvalue weighted by Crippen LogP contribution is 2.29. The second-order valence-corrected chi connectivity index (χ2v) is 8.51. The first kappa shape index (κ1) is 20.4. The van der Waals surface area contributed by atoms with Crippen molar-refractivity contribution in [1.29, 1.82) is 5.41 Å². The summed E-state index contributed by atoms with van der Waals surface area (Å²) >= 11 is 7.86. The van der Waals surface area contributed by atoms with Gasteiger partial charge in [-0.3, -0.25) is 4.99 Å². The molecular formula is C24H21ClN4S. The minimum Gasteiger partial charge on any atom is -0.301 e. The van der Waals surface area contributed by atoms with Crippen molar-refractivity contribution < 1.29 is 0 Å². The van der Waals surface area contributed by atoms with Gasteiger partial charge >= 0.3 is 0 Å². The normalized spacial score (nSPS) is 14.5. The number of hydrogen-bond acceptors (Lipinski definition) is 4. The third-order valence-corrected chi connectivity index (χ3v) is 5.93. The zero-order chi connectivity index (χ0) is 21.3. The maximum absolute atomic E-state index is 7.95. The molecule has 0 atom stereocenters. The van der Waals surface area contributed by atoms with E-state index in [2.05, 4.69) is 30.6 Å². The predicted octanol–water partition coefficient (Wildman–Crippen LogP) is 5.99. The van der Waals surface area contributed by atoms with Crippen LogP contribution in [0.25, 0.3) is 27.7 Å². The zero-order valence-corrected chi connectivity index (χ0v) is 18.4. The number of allylic oxidation sites excluding steroid dienone is 5. The van der Waals surface area contributed by atoms with E-state index in [1.807, 2.05) is 47.2 Å². The molecule has 0 amide bonds. The Morgan fingerprint density at radius 3 is 2.60 bits per heavy atom. The maximum atomic E-state index is 7.95. The fourth-order valence-electron chi connectivity index (χ4n) is 3.44. The number of halogens is 1. The average molecular weight is 433 g/mol. The first-order chi connectivity index (χ1) is 14.5. The van der Waals surface area contributed by atoms with Crippen LogP contribution in [0.15, 0.2) is 83.0 Å². The van der Waals surface area contributed by atoms with E-state index in [-0.39, 0.29) is 0 Å². The van der Waals surface area contributed by atoms with Crippen LogP contribution < -0.4 is 5.49 Å². The second kappa shape index (κ2) is 8.46. The summed E-state index contributed by atoms with van der Waals surface area (Å²) in [6.07, 6.45) is 7.62. The molecule has 150 valence electrons. The predicted molar refractivity (Wildman–Crippen MR) is 128 cm³/mol. The highest BCUT2D eigenvalue weighted by Gasteiger charge is 2.16. The van der Waals surface area contributed by atoms with Crippen molar-refractivity contribution in [2.24, 2.45) is 4.99 Å². The van der Waals surface area contributed by atoms with E-state index >= 15 is 0 Å². The molecule has 0 spiro atoms. The Morgan fingerprint density at radius 2 is 1.93 bits per heavy atom. The molecule has 0 saturated carbocycles. The van der Waals surface area contributed by atoms with Crippen LogP contribution in [0.4, 0.5) is 0 Å². The standard InChI is InChI=1S/C24H21ClN4S/c1-4-30-21-12-7-17-14-29(19-10-11-20(26)15(2)13-19)24(27-3)22(23(17)28-21)16-5-8-18(25)9-6-16/h5-14,26H,2,4H2,1,3H3/b26-20?,27-24-. The molecular weight excluding hydrogens is 412 g/mol. The number of thioether (sulfide) groups is 1. The van der Waals surface area contributed by atoms with Crippen LogP contribution in [0.2, 0.25) is 5.02 Å². The largest absolute Gasteiger partial charge is 0.301 e. The Morgan fingerprint density at radius 1 is 1.17 bits per heavy atom. The lowest BCUT2D eigenvalue weighted by atomic mass is 10.0. The van der Waals surface area contributed by atoms with Gasteiger partial charge in [-0.1, -0.05) is 37.2 Å². The molecule has 2 aromatic heterocycles. The van der Waals surface area contributed by atoms with Gasteiger partial charge in [0.05, 0.1) is 21.8 Å². The van der Waals surface area contributed by atoms with Gasteiger partial charge in [0, 0.05) is 29.4 Å². The molecule has 2 heterocycles. The third kappa shape index (κ3) is 3.78. The Balaban J connectivity index is 2.08. The van der Waals surface area contributed by atoms with Gasteiger partial charge in [-0.15, -0.1) is 11.8 Å². The fourth-order valence-corrected chi connectivity index (χ4v) is 4.18. The van der Waals surface area contributed by atoms with Gasteiger partial charge in [-0.05, 0) is 59.4 Å². The maximum Gasteiger partial charge on any atom is 0.142 e. The smallest absolute Gasteiger partial charge is 0.142 e. The molecule has 3 aromatic rings. The van der Waals surface area contributed by atoms with Gasteiger partial charge in [-0.25, -0.2) is 4.98 Å². The van der Waals surface area contributed by atoms with Gasteiger partial charge in [0.25, 0.3) is 0 Å². The Kier molecular flexibility index (Phi) is 5.75. The molecule has 0 saturated heterocycles. The van der Waals surface area contributed by atoms with E-state index in [4.69, 9.17) is 22.0 Å². The molecule has 6 heteroatoms. The van der Waals surface area contributed by atoms with E-state index in [0.717, 1.165) is 44.0 Å². The number of hydrogen-bond donors (Lipinski definition) is 1. The first-order valence-electron chi connectivity index (χ1n) is 9.57. The van der Waals surface area contributed by atoms with E-state index in [9.17, 15) is 0 Å². The molecule has 4 nitrogen and oxygen atoms in total. The molecule has 1 aromatic carbocycles. The average Bonchev–Trinajstić information content (AvgIpc) is 2.75. The summed E-state index contributed by atoms with van der Waals surface area (Å²) < 4.78 is 2.04. The number of benzene rings is 1. The van der Waals surface area contributed by atoms with Crippen LogP contribution in [0.3, 0.4) is 0 Å². The van der Waals surface area contributed by atoms with Crippen LogP contribution in [0.5, 0.6) is 0 Å². The Labute approximate surface area is 184 Å². The molecule has 0 radical (unpaired) electrons. The molecule has 0 aliphatic heterocycles. The van der Waals surface area contributed by atoms with E-state index in [1.165, 1.54) is 0 Å². The molecule has 1 N–H and O–H groups in total. The number of nitrogens with zero attached hydrogens (tertiary/aromatic N) is 3. The molecule has 1 aliphatic rings. The Bertz CT molecular complexity index is 1300. The molecule has 4 rings (SSSR count). The zero-order valence-electron chi connectivity index (χ0n) is 16.8. The van der Waals surface area contributed by atoms with Gasteiger partial charge in [0.15, 0.2) is 0 Å². The highest BCUT2D eigenvalue weighted by atomic mass is 35.5. The second-order valence-electron chi connectivity index (χ2n) is 6.79. The number of fused-ring (bicyclic) bond motifs is 1. The van der Waals surface area contributed by atoms with Crippen LogP contribution in [-0.2, 0) is 0 Å². The van der Waals surface area contributed by atoms with E-state index in [1.54, 1.807) is 24.9 Å². The van der Waals surface area contributed by atoms with Crippen LogP contribution >= 0.6 is 23.4 Å². The quantitative estimate of drug-likeness (QED) is 0.515. The van der Waals surface area contributed by atoms with Crippen molar-refractivity contribution in [1.82, 2.24) is 9.55 Å². The summed E-state index contributed by atoms with van der Waals surface area (Å²) in [6, 6.07) is 11.9. The minimum atomic E-state index is 0.413. The summed E-state index contributed by atoms with van der Waals surface area (Å²) in [4.78, 5) is 9.59. The van der Waals surface area contributed by atoms with E-state index in [0.29, 0.717) is 16.3 Å². The molecule has 0 fully saturated rings.